The Balaban J connectivity index is 2.79. The maximum absolute atomic E-state index is 12.4. The monoisotopic (exact) mass is 128 g/mol. The molecule has 0 unspecified atom stereocenters. The van der Waals surface area contributed by atoms with Crippen LogP contribution in [0.3, 0.4) is 0 Å². The van der Waals surface area contributed by atoms with Crippen molar-refractivity contribution in [2.75, 3.05) is 0 Å². The third-order valence-corrected chi connectivity index (χ3v) is 1.63. The van der Waals surface area contributed by atoms with Crippen molar-refractivity contribution in [3.63, 3.8) is 0 Å². The third-order valence-electron chi connectivity index (χ3n) is 1.63. The summed E-state index contributed by atoms with van der Waals surface area (Å²) in [5.74, 6) is 0. The minimum Gasteiger partial charge on any atom is -0.506 e. The van der Waals surface area contributed by atoms with Crippen LogP contribution in [0.1, 0.15) is 20.8 Å². The van der Waals surface area contributed by atoms with E-state index in [4.69, 9.17) is 0 Å². The van der Waals surface area contributed by atoms with Crippen LogP contribution in [0, 0.1) is 12.5 Å². The molecule has 0 radical (unpaired) electrons. The summed E-state index contributed by atoms with van der Waals surface area (Å²) in [5.41, 5.74) is 1.53. The lowest BCUT2D eigenvalue weighted by atomic mass is 10.1. The highest BCUT2D eigenvalue weighted by Gasteiger charge is 2.01. The predicted octanol–water partition coefficient (Wildman–Crippen LogP) is 2.36. The average molecular weight is 128 g/mol. The second kappa shape index (κ2) is 1.95. The van der Waals surface area contributed by atoms with E-state index in [1.165, 1.54) is 0 Å². The average Bonchev–Trinajstić information content (AvgIpc) is 1.98. The molecule has 0 fully saturated rings. The molecule has 0 bridgehead atoms. The Morgan fingerprint density at radius 2 is 1.89 bits per heavy atom. The van der Waals surface area contributed by atoms with Gasteiger partial charge >= 0.3 is 0 Å². The van der Waals surface area contributed by atoms with Crippen molar-refractivity contribution in [2.24, 2.45) is 0 Å². The molecule has 2 heteroatoms. The van der Waals surface area contributed by atoms with Crippen molar-refractivity contribution in [3.8, 4) is 0 Å². The lowest BCUT2D eigenvalue weighted by molar-refractivity contribution is 0.126. The first-order chi connectivity index (χ1) is 4.13. The molecule has 0 aromatic heterocycles. The van der Waals surface area contributed by atoms with Gasteiger partial charge in [-0.05, 0) is 6.36 Å². The predicted molar refractivity (Wildman–Crippen MR) is 32.7 cm³/mol. The summed E-state index contributed by atoms with van der Waals surface area (Å²) >= 11 is 0. The first kappa shape index (κ1) is 6.49. The molecule has 1 aliphatic heterocycles. The largest absolute Gasteiger partial charge is 0.506 e. The number of ether oxygens (including phenoxy) is 1. The van der Waals surface area contributed by atoms with Crippen LogP contribution >= 0.6 is 0 Å². The molecule has 52 valence electrons. The van der Waals surface area contributed by atoms with Crippen LogP contribution in [0.25, 0.3) is 0 Å². The highest BCUT2D eigenvalue weighted by molar-refractivity contribution is 5.34. The number of rotatable bonds is 0. The molecule has 0 N–H and O–H groups in total. The molecule has 1 rings (SSSR count). The number of hydrogen-bond donors (Lipinski definition) is 0. The lowest BCUT2D eigenvalue weighted by Gasteiger charge is -2.24. The molecular formula is C7H9FO-2. The maximum Gasteiger partial charge on any atom is -0.0288 e. The van der Waals surface area contributed by atoms with Crippen molar-refractivity contribution in [1.29, 1.82) is 0 Å². The fourth-order valence-corrected chi connectivity index (χ4v) is 0.699. The van der Waals surface area contributed by atoms with E-state index in [2.05, 4.69) is 4.74 Å². The van der Waals surface area contributed by atoms with Gasteiger partial charge in [0.15, 0.2) is 0 Å². The van der Waals surface area contributed by atoms with Gasteiger partial charge in [-0.2, -0.15) is 6.10 Å². The van der Waals surface area contributed by atoms with Gasteiger partial charge in [0.2, 0.25) is 0 Å². The molecule has 0 saturated carbocycles. The summed E-state index contributed by atoms with van der Waals surface area (Å²) in [6, 6.07) is 0. The van der Waals surface area contributed by atoms with E-state index in [1.54, 1.807) is 13.8 Å². The van der Waals surface area contributed by atoms with Gasteiger partial charge in [-0.1, -0.05) is 0 Å². The first-order valence-corrected chi connectivity index (χ1v) is 2.85. The Morgan fingerprint density at radius 1 is 1.33 bits per heavy atom. The lowest BCUT2D eigenvalue weighted by Crippen LogP contribution is -1.91. The van der Waals surface area contributed by atoms with Gasteiger partial charge in [-0.25, -0.2) is 0 Å². The van der Waals surface area contributed by atoms with Crippen LogP contribution in [0.2, 0.25) is 0 Å². The van der Waals surface area contributed by atoms with Crippen LogP contribution in [0.15, 0.2) is 11.1 Å². The van der Waals surface area contributed by atoms with Crippen molar-refractivity contribution in [1.82, 2.24) is 0 Å². The van der Waals surface area contributed by atoms with E-state index >= 15 is 0 Å². The summed E-state index contributed by atoms with van der Waals surface area (Å²) in [4.78, 5) is 0. The van der Waals surface area contributed by atoms with E-state index in [0.29, 0.717) is 11.7 Å². The fraction of sp³-hybridized carbons (Fsp3) is 0.429. The zero-order valence-corrected chi connectivity index (χ0v) is 5.79. The number of halogens is 1. The highest BCUT2D eigenvalue weighted by Crippen LogP contribution is 2.36. The highest BCUT2D eigenvalue weighted by atomic mass is 19.1. The molecular weight excluding hydrogens is 119 g/mol. The Labute approximate surface area is 54.5 Å². The standard InChI is InChI=1S/C7H9FO/c1-4-5(2)7(8)9-6(4)3/h1-3H3/q-2. The van der Waals surface area contributed by atoms with Gasteiger partial charge in [0.05, 0.1) is 0 Å². The zero-order valence-electron chi connectivity index (χ0n) is 5.79. The van der Waals surface area contributed by atoms with Crippen LogP contribution in [-0.4, -0.2) is 0 Å². The van der Waals surface area contributed by atoms with Crippen LogP contribution in [-0.2, 0) is 4.74 Å². The topological polar surface area (TPSA) is 9.23 Å². The molecule has 0 aromatic carbocycles. The van der Waals surface area contributed by atoms with E-state index in [9.17, 15) is 4.39 Å². The summed E-state index contributed by atoms with van der Waals surface area (Å²) in [6.07, 6.45) is 0.218. The fourth-order valence-electron chi connectivity index (χ4n) is 0.699. The molecule has 1 aliphatic rings. The molecule has 0 aromatic rings. The van der Waals surface area contributed by atoms with Crippen molar-refractivity contribution in [2.45, 2.75) is 20.8 Å². The summed E-state index contributed by atoms with van der Waals surface area (Å²) in [7, 11) is 0. The van der Waals surface area contributed by atoms with E-state index < -0.39 is 6.36 Å². The summed E-state index contributed by atoms with van der Waals surface area (Å²) in [5, 5.41) is 0. The van der Waals surface area contributed by atoms with Gasteiger partial charge in [0.25, 0.3) is 0 Å². The Bertz CT molecular complexity index is 135. The van der Waals surface area contributed by atoms with Gasteiger partial charge in [0, 0.05) is 0 Å². The summed E-state index contributed by atoms with van der Waals surface area (Å²) in [6.45, 7) is 5.31. The minimum absolute atomic E-state index is 0.454. The quantitative estimate of drug-likeness (QED) is 0.455. The number of hydrogen-bond acceptors (Lipinski definition) is 1. The smallest absolute Gasteiger partial charge is 0.0288 e. The van der Waals surface area contributed by atoms with Gasteiger partial charge in [0.1, 0.15) is 0 Å². The summed E-state index contributed by atoms with van der Waals surface area (Å²) < 4.78 is 17.1. The molecule has 0 amide bonds. The normalized spacial score (nSPS) is 20.0. The van der Waals surface area contributed by atoms with Gasteiger partial charge in [-0.15, -0.1) is 20.8 Å². The maximum atomic E-state index is 12.4. The van der Waals surface area contributed by atoms with Crippen LogP contribution in [0.4, 0.5) is 4.39 Å². The Hall–Kier alpha value is -0.630. The molecule has 0 spiro atoms. The molecule has 0 atom stereocenters. The molecule has 1 heterocycles. The van der Waals surface area contributed by atoms with Crippen LogP contribution in [0.5, 0.6) is 0 Å². The molecule has 9 heavy (non-hydrogen) atoms. The Kier molecular flexibility index (Phi) is 1.41. The van der Waals surface area contributed by atoms with Crippen LogP contribution < -0.4 is 0 Å². The SMILES string of the molecule is CC1=C(C)[C-](F)O[C-]1C. The minimum atomic E-state index is -0.454. The van der Waals surface area contributed by atoms with Crippen molar-refractivity contribution < 1.29 is 9.13 Å². The third kappa shape index (κ3) is 0.900. The molecule has 0 saturated heterocycles. The Morgan fingerprint density at radius 3 is 2.00 bits per heavy atom. The van der Waals surface area contributed by atoms with E-state index in [-0.39, 0.29) is 0 Å². The van der Waals surface area contributed by atoms with E-state index in [1.807, 2.05) is 6.92 Å². The first-order valence-electron chi connectivity index (χ1n) is 2.85. The van der Waals surface area contributed by atoms with Gasteiger partial charge in [-0.3, -0.25) is 0 Å². The second-order valence-corrected chi connectivity index (χ2v) is 2.18. The second-order valence-electron chi connectivity index (χ2n) is 2.18. The van der Waals surface area contributed by atoms with Gasteiger partial charge < -0.3 is 20.3 Å². The zero-order chi connectivity index (χ0) is 7.02. The van der Waals surface area contributed by atoms with Crippen molar-refractivity contribution in [3.05, 3.63) is 23.6 Å². The van der Waals surface area contributed by atoms with E-state index in [0.717, 1.165) is 5.57 Å². The molecule has 1 nitrogen and oxygen atoms in total. The van der Waals surface area contributed by atoms with Crippen molar-refractivity contribution >= 4 is 0 Å². The molecule has 0 aliphatic carbocycles.